The fraction of sp³-hybridized carbons (Fsp3) is 0.235. The van der Waals surface area contributed by atoms with Crippen LogP contribution in [0.15, 0.2) is 34.8 Å². The Hall–Kier alpha value is -2.20. The van der Waals surface area contributed by atoms with Crippen molar-refractivity contribution in [3.8, 4) is 22.9 Å². The molecule has 0 amide bonds. The molecule has 0 aliphatic rings. The smallest absolute Gasteiger partial charge is 0.406 e. The summed E-state index contributed by atoms with van der Waals surface area (Å²) in [6.07, 6.45) is -4.72. The van der Waals surface area contributed by atoms with Gasteiger partial charge in [-0.25, -0.2) is 0 Å². The van der Waals surface area contributed by atoms with Gasteiger partial charge >= 0.3 is 6.36 Å². The first-order valence-corrected chi connectivity index (χ1v) is 7.70. The van der Waals surface area contributed by atoms with E-state index in [0.29, 0.717) is 10.0 Å². The van der Waals surface area contributed by atoms with E-state index in [2.05, 4.69) is 26.7 Å². The van der Waals surface area contributed by atoms with Crippen molar-refractivity contribution in [2.75, 3.05) is 19.0 Å². The molecule has 126 valence electrons. The van der Waals surface area contributed by atoms with Gasteiger partial charge in [-0.3, -0.25) is 0 Å². The van der Waals surface area contributed by atoms with Crippen molar-refractivity contribution in [2.24, 2.45) is 0 Å². The minimum atomic E-state index is -4.72. The maximum absolute atomic E-state index is 12.2. The average molecular weight is 399 g/mol. The summed E-state index contributed by atoms with van der Waals surface area (Å²) in [5.74, 6) is -0.274. The summed E-state index contributed by atoms with van der Waals surface area (Å²) >= 11 is 3.39. The Morgan fingerprint density at radius 3 is 2.21 bits per heavy atom. The van der Waals surface area contributed by atoms with Gasteiger partial charge in [0.15, 0.2) is 0 Å². The van der Waals surface area contributed by atoms with Crippen LogP contribution in [0.3, 0.4) is 0 Å². The van der Waals surface area contributed by atoms with E-state index >= 15 is 0 Å². The molecule has 0 N–H and O–H groups in total. The van der Waals surface area contributed by atoms with E-state index < -0.39 is 6.36 Å². The number of halogens is 4. The van der Waals surface area contributed by atoms with Gasteiger partial charge in [0.2, 0.25) is 0 Å². The largest absolute Gasteiger partial charge is 0.573 e. The predicted octanol–water partition coefficient (Wildman–Crippen LogP) is 5.26. The summed E-state index contributed by atoms with van der Waals surface area (Å²) in [7, 11) is 3.67. The molecule has 0 radical (unpaired) electrons. The summed E-state index contributed by atoms with van der Waals surface area (Å²) in [4.78, 5) is 1.84. The fourth-order valence-corrected chi connectivity index (χ4v) is 3.04. The normalized spacial score (nSPS) is 11.1. The van der Waals surface area contributed by atoms with Crippen molar-refractivity contribution in [2.45, 2.75) is 13.3 Å². The zero-order chi connectivity index (χ0) is 18.1. The molecule has 0 aromatic heterocycles. The molecule has 0 heterocycles. The van der Waals surface area contributed by atoms with E-state index in [-0.39, 0.29) is 5.75 Å². The number of hydrogen-bond acceptors (Lipinski definition) is 3. The van der Waals surface area contributed by atoms with E-state index in [4.69, 9.17) is 0 Å². The third-order valence-electron chi connectivity index (χ3n) is 3.46. The summed E-state index contributed by atoms with van der Waals surface area (Å²) in [5.41, 5.74) is 3.69. The maximum atomic E-state index is 12.2. The first kappa shape index (κ1) is 18.1. The summed E-state index contributed by atoms with van der Waals surface area (Å²) < 4.78 is 41.2. The second-order valence-corrected chi connectivity index (χ2v) is 6.19. The van der Waals surface area contributed by atoms with Crippen molar-refractivity contribution >= 4 is 21.6 Å². The number of nitrogens with zero attached hydrogens (tertiary/aromatic N) is 2. The van der Waals surface area contributed by atoms with E-state index in [1.807, 2.05) is 25.9 Å². The molecular formula is C17H14BrF3N2O. The van der Waals surface area contributed by atoms with Gasteiger partial charge in [0.1, 0.15) is 11.8 Å². The topological polar surface area (TPSA) is 36.3 Å². The van der Waals surface area contributed by atoms with Gasteiger partial charge in [-0.05, 0) is 57.7 Å². The van der Waals surface area contributed by atoms with Crippen LogP contribution in [-0.2, 0) is 0 Å². The van der Waals surface area contributed by atoms with Gasteiger partial charge in [-0.1, -0.05) is 12.1 Å². The SMILES string of the molecule is Cc1c(-c2ccc(OC(F)(F)F)cc2)cc(Br)c(C#N)c1N(C)C. The molecule has 0 spiro atoms. The second kappa shape index (κ2) is 6.73. The highest BCUT2D eigenvalue weighted by Gasteiger charge is 2.31. The zero-order valence-electron chi connectivity index (χ0n) is 13.2. The quantitative estimate of drug-likeness (QED) is 0.707. The number of nitriles is 1. The molecule has 0 atom stereocenters. The van der Waals surface area contributed by atoms with Crippen LogP contribution in [0, 0.1) is 18.3 Å². The van der Waals surface area contributed by atoms with E-state index in [1.165, 1.54) is 12.1 Å². The average Bonchev–Trinajstić information content (AvgIpc) is 2.47. The Morgan fingerprint density at radius 1 is 1.17 bits per heavy atom. The predicted molar refractivity (Wildman–Crippen MR) is 90.0 cm³/mol. The van der Waals surface area contributed by atoms with Crippen LogP contribution in [0.2, 0.25) is 0 Å². The molecule has 24 heavy (non-hydrogen) atoms. The third kappa shape index (κ3) is 3.82. The molecule has 0 saturated carbocycles. The summed E-state index contributed by atoms with van der Waals surface area (Å²) in [6, 6.07) is 9.61. The van der Waals surface area contributed by atoms with Crippen molar-refractivity contribution in [1.82, 2.24) is 0 Å². The number of hydrogen-bond donors (Lipinski definition) is 0. The Balaban J connectivity index is 2.52. The molecule has 0 unspecified atom stereocenters. The highest BCUT2D eigenvalue weighted by molar-refractivity contribution is 9.10. The minimum absolute atomic E-state index is 0.274. The maximum Gasteiger partial charge on any atom is 0.573 e. The minimum Gasteiger partial charge on any atom is -0.406 e. The Bertz CT molecular complexity index is 793. The molecule has 0 aliphatic heterocycles. The second-order valence-electron chi connectivity index (χ2n) is 5.33. The highest BCUT2D eigenvalue weighted by Crippen LogP contribution is 2.38. The van der Waals surface area contributed by atoms with E-state index in [9.17, 15) is 18.4 Å². The highest BCUT2D eigenvalue weighted by atomic mass is 79.9. The number of alkyl halides is 3. The lowest BCUT2D eigenvalue weighted by Crippen LogP contribution is -2.17. The monoisotopic (exact) mass is 398 g/mol. The van der Waals surface area contributed by atoms with Crippen LogP contribution in [0.5, 0.6) is 5.75 Å². The molecule has 3 nitrogen and oxygen atoms in total. The Morgan fingerprint density at radius 2 is 1.75 bits per heavy atom. The summed E-state index contributed by atoms with van der Waals surface area (Å²) in [5, 5.41) is 9.35. The molecule has 0 aliphatic carbocycles. The van der Waals surface area contributed by atoms with Gasteiger partial charge in [0.25, 0.3) is 0 Å². The van der Waals surface area contributed by atoms with Crippen molar-refractivity contribution < 1.29 is 17.9 Å². The number of anilines is 1. The van der Waals surface area contributed by atoms with Crippen LogP contribution in [0.4, 0.5) is 18.9 Å². The molecule has 2 aromatic carbocycles. The molecule has 0 bridgehead atoms. The van der Waals surface area contributed by atoms with Gasteiger partial charge < -0.3 is 9.64 Å². The number of benzene rings is 2. The molecule has 2 aromatic rings. The molecule has 2 rings (SSSR count). The lowest BCUT2D eigenvalue weighted by molar-refractivity contribution is -0.274. The fourth-order valence-electron chi connectivity index (χ4n) is 2.54. The lowest BCUT2D eigenvalue weighted by atomic mass is 9.96. The van der Waals surface area contributed by atoms with Crippen LogP contribution in [0.25, 0.3) is 11.1 Å². The lowest BCUT2D eigenvalue weighted by Gasteiger charge is -2.21. The van der Waals surface area contributed by atoms with Crippen molar-refractivity contribution in [3.63, 3.8) is 0 Å². The van der Waals surface area contributed by atoms with Gasteiger partial charge in [-0.15, -0.1) is 13.2 Å². The van der Waals surface area contributed by atoms with E-state index in [0.717, 1.165) is 22.4 Å². The van der Waals surface area contributed by atoms with Gasteiger partial charge in [0, 0.05) is 18.6 Å². The summed E-state index contributed by atoms with van der Waals surface area (Å²) in [6.45, 7) is 1.87. The zero-order valence-corrected chi connectivity index (χ0v) is 14.8. The van der Waals surface area contributed by atoms with Gasteiger partial charge in [-0.2, -0.15) is 5.26 Å². The Labute approximate surface area is 146 Å². The van der Waals surface area contributed by atoms with Crippen LogP contribution in [-0.4, -0.2) is 20.5 Å². The third-order valence-corrected chi connectivity index (χ3v) is 4.09. The molecular weight excluding hydrogens is 385 g/mol. The first-order chi connectivity index (χ1) is 11.1. The van der Waals surface area contributed by atoms with Crippen molar-refractivity contribution in [3.05, 3.63) is 45.9 Å². The number of rotatable bonds is 3. The van der Waals surface area contributed by atoms with Crippen molar-refractivity contribution in [1.29, 1.82) is 5.26 Å². The van der Waals surface area contributed by atoms with Crippen LogP contribution >= 0.6 is 15.9 Å². The molecule has 0 saturated heterocycles. The standard InChI is InChI=1S/C17H14BrF3N2O/c1-10-13(8-15(18)14(9-22)16(10)23(2)3)11-4-6-12(7-5-11)24-17(19,20)21/h4-8H,1-3H3. The number of ether oxygens (including phenoxy) is 1. The molecule has 7 heteroatoms. The van der Waals surface area contributed by atoms with E-state index in [1.54, 1.807) is 18.2 Å². The molecule has 0 fully saturated rings. The van der Waals surface area contributed by atoms with Crippen LogP contribution in [0.1, 0.15) is 11.1 Å². The first-order valence-electron chi connectivity index (χ1n) is 6.90. The van der Waals surface area contributed by atoms with Gasteiger partial charge in [0.05, 0.1) is 11.3 Å². The van der Waals surface area contributed by atoms with Crippen LogP contribution < -0.4 is 9.64 Å². The Kier molecular flexibility index (Phi) is 5.09.